The molecular formula is C19H21ClN2O3. The first-order valence-electron chi connectivity index (χ1n) is 7.86. The summed E-state index contributed by atoms with van der Waals surface area (Å²) in [7, 11) is 1.51. The van der Waals surface area contributed by atoms with Crippen molar-refractivity contribution in [1.29, 1.82) is 0 Å². The minimum absolute atomic E-state index is 0.106. The number of rotatable bonds is 6. The number of nitrogens with one attached hydrogen (secondary N) is 2. The monoisotopic (exact) mass is 360 g/mol. The van der Waals surface area contributed by atoms with E-state index in [-0.39, 0.29) is 18.2 Å². The first kappa shape index (κ1) is 18.8. The third-order valence-electron chi connectivity index (χ3n) is 3.72. The van der Waals surface area contributed by atoms with E-state index in [4.69, 9.17) is 16.3 Å². The van der Waals surface area contributed by atoms with E-state index in [0.717, 1.165) is 11.1 Å². The van der Waals surface area contributed by atoms with E-state index in [0.29, 0.717) is 16.5 Å². The normalized spacial score (nSPS) is 11.5. The highest BCUT2D eigenvalue weighted by atomic mass is 35.5. The molecule has 2 aromatic rings. The van der Waals surface area contributed by atoms with Crippen molar-refractivity contribution in [3.8, 4) is 5.75 Å². The van der Waals surface area contributed by atoms with E-state index in [2.05, 4.69) is 10.6 Å². The Labute approximate surface area is 152 Å². The molecule has 0 aliphatic carbocycles. The second-order valence-corrected chi connectivity index (χ2v) is 6.12. The Morgan fingerprint density at radius 2 is 1.88 bits per heavy atom. The van der Waals surface area contributed by atoms with Gasteiger partial charge >= 0.3 is 0 Å². The zero-order valence-electron chi connectivity index (χ0n) is 14.4. The standard InChI is InChI=1S/C19H21ClN2O3/c1-12-9-17(18(25-3)10-15(12)20)22-19(24)11-16(21-13(2)23)14-7-5-4-6-8-14/h4-10,16H,11H2,1-3H3,(H,21,23)(H,22,24)/t16-/m0/s1. The molecule has 2 rings (SSSR count). The molecule has 0 radical (unpaired) electrons. The van der Waals surface area contributed by atoms with Crippen molar-refractivity contribution in [3.05, 3.63) is 58.6 Å². The molecule has 2 N–H and O–H groups in total. The number of amides is 2. The second kappa shape index (κ2) is 8.53. The van der Waals surface area contributed by atoms with Crippen LogP contribution in [0.5, 0.6) is 5.75 Å². The van der Waals surface area contributed by atoms with Crippen LogP contribution in [0.25, 0.3) is 0 Å². The lowest BCUT2D eigenvalue weighted by atomic mass is 10.0. The maximum atomic E-state index is 12.5. The molecule has 2 aromatic carbocycles. The molecule has 0 aliphatic heterocycles. The van der Waals surface area contributed by atoms with Gasteiger partial charge in [0.2, 0.25) is 11.8 Å². The van der Waals surface area contributed by atoms with Gasteiger partial charge in [0, 0.05) is 18.0 Å². The first-order valence-corrected chi connectivity index (χ1v) is 8.24. The van der Waals surface area contributed by atoms with Gasteiger partial charge in [0.1, 0.15) is 5.75 Å². The number of carbonyl (C=O) groups is 2. The Bertz CT molecular complexity index is 763. The largest absolute Gasteiger partial charge is 0.495 e. The molecule has 5 nitrogen and oxygen atoms in total. The van der Waals surface area contributed by atoms with Gasteiger partial charge in [0.15, 0.2) is 0 Å². The number of halogens is 1. The van der Waals surface area contributed by atoms with Crippen LogP contribution < -0.4 is 15.4 Å². The van der Waals surface area contributed by atoms with E-state index in [9.17, 15) is 9.59 Å². The predicted octanol–water partition coefficient (Wildman–Crippen LogP) is 3.86. The van der Waals surface area contributed by atoms with Gasteiger partial charge in [0.05, 0.1) is 25.3 Å². The van der Waals surface area contributed by atoms with Gasteiger partial charge in [-0.05, 0) is 24.1 Å². The summed E-state index contributed by atoms with van der Waals surface area (Å²) in [6, 6.07) is 12.4. The molecule has 0 spiro atoms. The van der Waals surface area contributed by atoms with Crippen molar-refractivity contribution in [2.24, 2.45) is 0 Å². The summed E-state index contributed by atoms with van der Waals surface area (Å²) in [5.74, 6) is 0.0592. The number of benzene rings is 2. The Morgan fingerprint density at radius 3 is 2.48 bits per heavy atom. The smallest absolute Gasteiger partial charge is 0.226 e. The van der Waals surface area contributed by atoms with E-state index in [1.54, 1.807) is 12.1 Å². The Morgan fingerprint density at radius 1 is 1.20 bits per heavy atom. The number of anilines is 1. The van der Waals surface area contributed by atoms with Crippen molar-refractivity contribution in [1.82, 2.24) is 5.32 Å². The van der Waals surface area contributed by atoms with Crippen LogP contribution in [0.15, 0.2) is 42.5 Å². The lowest BCUT2D eigenvalue weighted by molar-refractivity contribution is -0.120. The van der Waals surface area contributed by atoms with Crippen molar-refractivity contribution in [2.45, 2.75) is 26.3 Å². The molecule has 0 aromatic heterocycles. The number of hydrogen-bond acceptors (Lipinski definition) is 3. The fourth-order valence-electron chi connectivity index (χ4n) is 2.50. The van der Waals surface area contributed by atoms with E-state index >= 15 is 0 Å². The SMILES string of the molecule is COc1cc(Cl)c(C)cc1NC(=O)C[C@H](NC(C)=O)c1ccccc1. The maximum absolute atomic E-state index is 12.5. The van der Waals surface area contributed by atoms with Crippen LogP contribution in [-0.2, 0) is 9.59 Å². The molecule has 6 heteroatoms. The maximum Gasteiger partial charge on any atom is 0.226 e. The van der Waals surface area contributed by atoms with Crippen molar-refractivity contribution >= 4 is 29.1 Å². The third-order valence-corrected chi connectivity index (χ3v) is 4.13. The van der Waals surface area contributed by atoms with E-state index in [1.165, 1.54) is 14.0 Å². The molecule has 0 unspecified atom stereocenters. The summed E-state index contributed by atoms with van der Waals surface area (Å²) < 4.78 is 5.27. The number of methoxy groups -OCH3 is 1. The fourth-order valence-corrected chi connectivity index (χ4v) is 2.65. The zero-order chi connectivity index (χ0) is 18.4. The highest BCUT2D eigenvalue weighted by Crippen LogP contribution is 2.31. The summed E-state index contributed by atoms with van der Waals surface area (Å²) in [5, 5.41) is 6.20. The van der Waals surface area contributed by atoms with Gasteiger partial charge in [-0.1, -0.05) is 41.9 Å². The quantitative estimate of drug-likeness (QED) is 0.821. The molecule has 1 atom stereocenters. The van der Waals surface area contributed by atoms with Crippen LogP contribution in [0, 0.1) is 6.92 Å². The van der Waals surface area contributed by atoms with Gasteiger partial charge < -0.3 is 15.4 Å². The van der Waals surface area contributed by atoms with Gasteiger partial charge in [-0.25, -0.2) is 0 Å². The number of carbonyl (C=O) groups excluding carboxylic acids is 2. The van der Waals surface area contributed by atoms with Crippen LogP contribution >= 0.6 is 11.6 Å². The molecule has 0 saturated heterocycles. The first-order chi connectivity index (χ1) is 11.9. The summed E-state index contributed by atoms with van der Waals surface area (Å²) in [5.41, 5.74) is 2.25. The molecule has 0 saturated carbocycles. The van der Waals surface area contributed by atoms with Gasteiger partial charge in [-0.15, -0.1) is 0 Å². The van der Waals surface area contributed by atoms with Crippen LogP contribution in [-0.4, -0.2) is 18.9 Å². The molecule has 132 valence electrons. The molecular weight excluding hydrogens is 340 g/mol. The fraction of sp³-hybridized carbons (Fsp3) is 0.263. The zero-order valence-corrected chi connectivity index (χ0v) is 15.2. The predicted molar refractivity (Wildman–Crippen MR) is 99.0 cm³/mol. The lowest BCUT2D eigenvalue weighted by Gasteiger charge is -2.19. The average Bonchev–Trinajstić information content (AvgIpc) is 2.57. The van der Waals surface area contributed by atoms with Crippen molar-refractivity contribution in [2.75, 3.05) is 12.4 Å². The second-order valence-electron chi connectivity index (χ2n) is 5.72. The van der Waals surface area contributed by atoms with Crippen LogP contribution in [0.3, 0.4) is 0 Å². The van der Waals surface area contributed by atoms with Crippen LogP contribution in [0.2, 0.25) is 5.02 Å². The highest BCUT2D eigenvalue weighted by Gasteiger charge is 2.18. The third kappa shape index (κ3) is 5.22. The molecule has 0 aliphatic rings. The Kier molecular flexibility index (Phi) is 6.42. The summed E-state index contributed by atoms with van der Waals surface area (Å²) in [6.45, 7) is 3.28. The summed E-state index contributed by atoms with van der Waals surface area (Å²) in [4.78, 5) is 24.0. The molecule has 0 bridgehead atoms. The van der Waals surface area contributed by atoms with Crippen molar-refractivity contribution in [3.63, 3.8) is 0 Å². The van der Waals surface area contributed by atoms with Crippen molar-refractivity contribution < 1.29 is 14.3 Å². The van der Waals surface area contributed by atoms with E-state index < -0.39 is 6.04 Å². The Hall–Kier alpha value is -2.53. The minimum Gasteiger partial charge on any atom is -0.495 e. The molecule has 0 fully saturated rings. The number of ether oxygens (including phenoxy) is 1. The van der Waals surface area contributed by atoms with Crippen LogP contribution in [0.1, 0.15) is 30.5 Å². The minimum atomic E-state index is -0.405. The lowest BCUT2D eigenvalue weighted by Crippen LogP contribution is -2.29. The number of hydrogen-bond donors (Lipinski definition) is 2. The molecule has 2 amide bonds. The summed E-state index contributed by atoms with van der Waals surface area (Å²) in [6.07, 6.45) is 0.106. The number of aryl methyl sites for hydroxylation is 1. The van der Waals surface area contributed by atoms with E-state index in [1.807, 2.05) is 37.3 Å². The highest BCUT2D eigenvalue weighted by molar-refractivity contribution is 6.31. The molecule has 0 heterocycles. The topological polar surface area (TPSA) is 67.4 Å². The molecule has 25 heavy (non-hydrogen) atoms. The van der Waals surface area contributed by atoms with Crippen LogP contribution in [0.4, 0.5) is 5.69 Å². The van der Waals surface area contributed by atoms with Gasteiger partial charge in [-0.3, -0.25) is 9.59 Å². The Balaban J connectivity index is 2.17. The summed E-state index contributed by atoms with van der Waals surface area (Å²) >= 11 is 6.08. The van der Waals surface area contributed by atoms with Gasteiger partial charge in [0.25, 0.3) is 0 Å². The average molecular weight is 361 g/mol. The van der Waals surface area contributed by atoms with Gasteiger partial charge in [-0.2, -0.15) is 0 Å².